The van der Waals surface area contributed by atoms with Crippen molar-refractivity contribution in [3.05, 3.63) is 39.3 Å². The summed E-state index contributed by atoms with van der Waals surface area (Å²) >= 11 is 2.98. The highest BCUT2D eigenvalue weighted by Gasteiger charge is 2.25. The van der Waals surface area contributed by atoms with Crippen LogP contribution in [0.3, 0.4) is 0 Å². The quantitative estimate of drug-likeness (QED) is 0.449. The molecule has 0 unspecified atom stereocenters. The fraction of sp³-hybridized carbons (Fsp3) is 0.450. The molecule has 0 radical (unpaired) electrons. The molecular weight excluding hydrogens is 420 g/mol. The van der Waals surface area contributed by atoms with Crippen LogP contribution in [0.15, 0.2) is 28.4 Å². The van der Waals surface area contributed by atoms with Gasteiger partial charge in [0, 0.05) is 50.5 Å². The maximum atomic E-state index is 12.9. The first-order valence-electron chi connectivity index (χ1n) is 10.1. The molecule has 0 bridgehead atoms. The highest BCUT2D eigenvalue weighted by molar-refractivity contribution is 7.99. The predicted octanol–water partition coefficient (Wildman–Crippen LogP) is 1.71. The van der Waals surface area contributed by atoms with E-state index in [9.17, 15) is 9.59 Å². The minimum atomic E-state index is 0.00539. The molecule has 0 atom stereocenters. The lowest BCUT2D eigenvalue weighted by atomic mass is 10.2. The van der Waals surface area contributed by atoms with Crippen molar-refractivity contribution >= 4 is 45.2 Å². The first-order chi connectivity index (χ1) is 14.6. The van der Waals surface area contributed by atoms with Crippen LogP contribution in [0.4, 0.5) is 5.95 Å². The van der Waals surface area contributed by atoms with Gasteiger partial charge in [-0.05, 0) is 30.9 Å². The van der Waals surface area contributed by atoms with Crippen LogP contribution >= 0.6 is 23.1 Å². The molecule has 3 aromatic heterocycles. The molecule has 3 aromatic rings. The summed E-state index contributed by atoms with van der Waals surface area (Å²) in [7, 11) is 1.75. The molecule has 2 aliphatic rings. The molecular formula is C20H22N6O2S2. The first kappa shape index (κ1) is 19.5. The summed E-state index contributed by atoms with van der Waals surface area (Å²) in [6.07, 6.45) is 6.59. The molecule has 0 saturated carbocycles. The van der Waals surface area contributed by atoms with Crippen molar-refractivity contribution in [3.8, 4) is 0 Å². The van der Waals surface area contributed by atoms with Crippen molar-refractivity contribution in [1.82, 2.24) is 24.4 Å². The van der Waals surface area contributed by atoms with Crippen molar-refractivity contribution < 1.29 is 4.79 Å². The highest BCUT2D eigenvalue weighted by atomic mass is 32.2. The fourth-order valence-electron chi connectivity index (χ4n) is 4.06. The maximum absolute atomic E-state index is 12.9. The second-order valence-electron chi connectivity index (χ2n) is 7.50. The zero-order chi connectivity index (χ0) is 20.7. The lowest BCUT2D eigenvalue weighted by Crippen LogP contribution is -2.49. The van der Waals surface area contributed by atoms with E-state index < -0.39 is 0 Å². The summed E-state index contributed by atoms with van der Waals surface area (Å²) in [4.78, 5) is 45.0. The predicted molar refractivity (Wildman–Crippen MR) is 118 cm³/mol. The Hall–Kier alpha value is -2.46. The Labute approximate surface area is 182 Å². The van der Waals surface area contributed by atoms with Crippen molar-refractivity contribution in [2.45, 2.75) is 24.4 Å². The molecule has 1 amide bonds. The molecule has 0 spiro atoms. The van der Waals surface area contributed by atoms with Gasteiger partial charge < -0.3 is 9.80 Å². The van der Waals surface area contributed by atoms with Crippen LogP contribution in [-0.2, 0) is 24.7 Å². The fourth-order valence-corrected chi connectivity index (χ4v) is 6.24. The van der Waals surface area contributed by atoms with Gasteiger partial charge in [0.05, 0.1) is 11.1 Å². The normalized spacial score (nSPS) is 16.3. The summed E-state index contributed by atoms with van der Waals surface area (Å²) < 4.78 is 1.59. The molecule has 156 valence electrons. The summed E-state index contributed by atoms with van der Waals surface area (Å²) in [6, 6.07) is 1.79. The Bertz CT molecular complexity index is 1150. The van der Waals surface area contributed by atoms with Crippen LogP contribution in [0.1, 0.15) is 16.9 Å². The number of thioether (sulfide) groups is 1. The van der Waals surface area contributed by atoms with Gasteiger partial charge in [0.1, 0.15) is 4.83 Å². The molecule has 0 N–H and O–H groups in total. The summed E-state index contributed by atoms with van der Waals surface area (Å²) in [6.45, 7) is 2.70. The number of anilines is 1. The average molecular weight is 443 g/mol. The number of hydrogen-bond donors (Lipinski definition) is 0. The molecule has 1 saturated heterocycles. The van der Waals surface area contributed by atoms with Crippen molar-refractivity contribution in [2.24, 2.45) is 7.05 Å². The number of carbonyl (C=O) groups excluding carboxylic acids is 1. The van der Waals surface area contributed by atoms with Crippen LogP contribution in [0.5, 0.6) is 0 Å². The molecule has 10 heteroatoms. The van der Waals surface area contributed by atoms with Gasteiger partial charge in [0.25, 0.3) is 5.56 Å². The molecule has 1 aliphatic carbocycles. The third-order valence-electron chi connectivity index (χ3n) is 5.70. The van der Waals surface area contributed by atoms with E-state index in [-0.39, 0.29) is 17.2 Å². The molecule has 8 nitrogen and oxygen atoms in total. The monoisotopic (exact) mass is 442 g/mol. The minimum Gasteiger partial charge on any atom is -0.338 e. The van der Waals surface area contributed by atoms with Crippen LogP contribution in [0.25, 0.3) is 10.2 Å². The Morgan fingerprint density at radius 1 is 1.17 bits per heavy atom. The van der Waals surface area contributed by atoms with Gasteiger partial charge in [0.2, 0.25) is 11.9 Å². The third-order valence-corrected chi connectivity index (χ3v) is 7.90. The Morgan fingerprint density at radius 2 is 1.93 bits per heavy atom. The lowest BCUT2D eigenvalue weighted by Gasteiger charge is -2.34. The SMILES string of the molecule is Cn1c(SCC(=O)N2CCN(c3ncccn3)CC2)nc2sc3c(c2c1=O)CCC3. The standard InChI is InChI=1S/C20H22N6O2S2/c1-24-18(28)16-13-4-2-5-14(13)30-17(16)23-20(24)29-12-15(27)25-8-10-26(11-9-25)19-21-6-3-7-22-19/h3,6-7H,2,4-5,8-12H2,1H3. The van der Waals surface area contributed by atoms with E-state index in [1.807, 2.05) is 4.90 Å². The van der Waals surface area contributed by atoms with Gasteiger partial charge in [-0.15, -0.1) is 11.3 Å². The maximum Gasteiger partial charge on any atom is 0.262 e. The average Bonchev–Trinajstić information content (AvgIpc) is 3.37. The van der Waals surface area contributed by atoms with Crippen molar-refractivity contribution in [3.63, 3.8) is 0 Å². The van der Waals surface area contributed by atoms with E-state index in [1.54, 1.807) is 41.4 Å². The lowest BCUT2D eigenvalue weighted by molar-refractivity contribution is -0.128. The van der Waals surface area contributed by atoms with Crippen molar-refractivity contribution in [2.75, 3.05) is 36.8 Å². The molecule has 1 aliphatic heterocycles. The summed E-state index contributed by atoms with van der Waals surface area (Å²) in [5.41, 5.74) is 1.20. The second kappa shape index (κ2) is 7.99. The Balaban J connectivity index is 1.24. The minimum absolute atomic E-state index is 0.00539. The van der Waals surface area contributed by atoms with Gasteiger partial charge in [0.15, 0.2) is 5.16 Å². The largest absolute Gasteiger partial charge is 0.338 e. The van der Waals surface area contributed by atoms with E-state index in [4.69, 9.17) is 4.98 Å². The number of aromatic nitrogens is 4. The van der Waals surface area contributed by atoms with Crippen LogP contribution in [0.2, 0.25) is 0 Å². The number of rotatable bonds is 4. The van der Waals surface area contributed by atoms with Crippen molar-refractivity contribution in [1.29, 1.82) is 0 Å². The molecule has 4 heterocycles. The van der Waals surface area contributed by atoms with Crippen LogP contribution < -0.4 is 10.5 Å². The zero-order valence-electron chi connectivity index (χ0n) is 16.7. The molecule has 0 aromatic carbocycles. The smallest absolute Gasteiger partial charge is 0.262 e. The van der Waals surface area contributed by atoms with E-state index >= 15 is 0 Å². The van der Waals surface area contributed by atoms with E-state index in [1.165, 1.54) is 22.2 Å². The Kier molecular flexibility index (Phi) is 5.20. The number of aryl methyl sites for hydroxylation is 2. The van der Waals surface area contributed by atoms with E-state index in [0.29, 0.717) is 37.3 Å². The zero-order valence-corrected chi connectivity index (χ0v) is 18.3. The number of hydrogen-bond acceptors (Lipinski definition) is 8. The second-order valence-corrected chi connectivity index (χ2v) is 9.53. The van der Waals surface area contributed by atoms with E-state index in [2.05, 4.69) is 14.9 Å². The number of amides is 1. The molecule has 1 fully saturated rings. The van der Waals surface area contributed by atoms with Gasteiger partial charge in [-0.25, -0.2) is 15.0 Å². The Morgan fingerprint density at radius 3 is 2.70 bits per heavy atom. The number of carbonyl (C=O) groups is 1. The van der Waals surface area contributed by atoms with Gasteiger partial charge in [-0.3, -0.25) is 14.2 Å². The summed E-state index contributed by atoms with van der Waals surface area (Å²) in [5, 5.41) is 1.39. The van der Waals surface area contributed by atoms with Gasteiger partial charge in [-0.2, -0.15) is 0 Å². The number of piperazine rings is 1. The first-order valence-corrected chi connectivity index (χ1v) is 11.9. The number of nitrogens with zero attached hydrogens (tertiary/aromatic N) is 6. The highest BCUT2D eigenvalue weighted by Crippen LogP contribution is 2.35. The summed E-state index contributed by atoms with van der Waals surface area (Å²) in [5.74, 6) is 1.05. The van der Waals surface area contributed by atoms with E-state index in [0.717, 1.165) is 29.5 Å². The third kappa shape index (κ3) is 3.47. The van der Waals surface area contributed by atoms with Crippen LogP contribution in [0, 0.1) is 0 Å². The van der Waals surface area contributed by atoms with Gasteiger partial charge in [-0.1, -0.05) is 11.8 Å². The molecule has 5 rings (SSSR count). The number of fused-ring (bicyclic) bond motifs is 3. The molecule has 30 heavy (non-hydrogen) atoms. The topological polar surface area (TPSA) is 84.2 Å². The number of thiophene rings is 1. The van der Waals surface area contributed by atoms with Gasteiger partial charge >= 0.3 is 0 Å². The van der Waals surface area contributed by atoms with Crippen LogP contribution in [-0.4, -0.2) is 62.3 Å².